The number of anilines is 1. The number of esters is 1. The van der Waals surface area contributed by atoms with Crippen molar-refractivity contribution in [3.8, 4) is 0 Å². The number of rotatable bonds is 7. The maximum absolute atomic E-state index is 12.3. The molecule has 22 heavy (non-hydrogen) atoms. The number of halogens is 1. The highest BCUT2D eigenvalue weighted by atomic mass is 35.5. The molecule has 0 aliphatic heterocycles. The first-order chi connectivity index (χ1) is 10.3. The summed E-state index contributed by atoms with van der Waals surface area (Å²) in [6.07, 6.45) is 0. The highest BCUT2D eigenvalue weighted by molar-refractivity contribution is 8.00. The molecule has 0 bridgehead atoms. The molecule has 122 valence electrons. The van der Waals surface area contributed by atoms with Crippen LogP contribution in [0.3, 0.4) is 0 Å². The molecule has 0 radical (unpaired) electrons. The molecule has 2 N–H and O–H groups in total. The van der Waals surface area contributed by atoms with Crippen LogP contribution in [0.4, 0.5) is 5.69 Å². The van der Waals surface area contributed by atoms with Crippen molar-refractivity contribution in [1.82, 2.24) is 0 Å². The zero-order chi connectivity index (χ0) is 16.8. The van der Waals surface area contributed by atoms with Crippen molar-refractivity contribution >= 4 is 40.9 Å². The summed E-state index contributed by atoms with van der Waals surface area (Å²) in [6, 6.07) is 6.34. The van der Waals surface area contributed by atoms with Crippen LogP contribution in [0, 0.1) is 0 Å². The molecule has 1 amide bonds. The monoisotopic (exact) mass is 345 g/mol. The minimum atomic E-state index is -1.17. The zero-order valence-corrected chi connectivity index (χ0v) is 14.3. The molecule has 0 aliphatic carbocycles. The number of hydrogen-bond acceptors (Lipinski definition) is 5. The molecule has 1 aromatic rings. The third-order valence-electron chi connectivity index (χ3n) is 2.81. The molecule has 0 aromatic heterocycles. The number of hydrogen-bond donors (Lipinski definition) is 2. The lowest BCUT2D eigenvalue weighted by molar-refractivity contribution is -0.119. The number of thioether (sulfide) groups is 1. The largest absolute Gasteiger partial charge is 0.465 e. The second-order valence-corrected chi connectivity index (χ2v) is 6.74. The van der Waals surface area contributed by atoms with Gasteiger partial charge in [-0.25, -0.2) is 4.79 Å². The van der Waals surface area contributed by atoms with Gasteiger partial charge in [0.05, 0.1) is 18.3 Å². The first kappa shape index (κ1) is 18.8. The van der Waals surface area contributed by atoms with Gasteiger partial charge in [0.2, 0.25) is 5.91 Å². The number of carbonyl (C=O) groups excluding carboxylic acids is 2. The van der Waals surface area contributed by atoms with Crippen LogP contribution in [0.2, 0.25) is 0 Å². The molecule has 5 nitrogen and oxygen atoms in total. The highest BCUT2D eigenvalue weighted by Gasteiger charge is 2.33. The van der Waals surface area contributed by atoms with E-state index in [4.69, 9.17) is 11.6 Å². The summed E-state index contributed by atoms with van der Waals surface area (Å²) in [6.45, 7) is 3.16. The Kier molecular flexibility index (Phi) is 7.19. The first-order valence-electron chi connectivity index (χ1n) is 6.68. The molecule has 1 aromatic carbocycles. The topological polar surface area (TPSA) is 75.6 Å². The van der Waals surface area contributed by atoms with Crippen LogP contribution >= 0.6 is 23.4 Å². The standard InChI is InChI=1S/C15H20ClNO4S/c1-15(2,20)12(22-9-8-16)13(18)17-11-6-4-10(5-7-11)14(19)21-3/h4-7,12,20H,8-9H2,1-3H3,(H,17,18). The predicted octanol–water partition coefficient (Wildman–Crippen LogP) is 2.52. The summed E-state index contributed by atoms with van der Waals surface area (Å²) < 4.78 is 4.61. The summed E-state index contributed by atoms with van der Waals surface area (Å²) in [5, 5.41) is 12.2. The third kappa shape index (κ3) is 5.51. The van der Waals surface area contributed by atoms with Gasteiger partial charge < -0.3 is 15.2 Å². The SMILES string of the molecule is COC(=O)c1ccc(NC(=O)C(SCCCl)C(C)(C)O)cc1. The molecule has 7 heteroatoms. The van der Waals surface area contributed by atoms with Gasteiger partial charge in [0.15, 0.2) is 0 Å². The highest BCUT2D eigenvalue weighted by Crippen LogP contribution is 2.25. The van der Waals surface area contributed by atoms with Gasteiger partial charge in [-0.3, -0.25) is 4.79 Å². The van der Waals surface area contributed by atoms with Crippen LogP contribution in [0.25, 0.3) is 0 Å². The van der Waals surface area contributed by atoms with E-state index in [1.807, 2.05) is 0 Å². The van der Waals surface area contributed by atoms with E-state index in [1.54, 1.807) is 38.1 Å². The van der Waals surface area contributed by atoms with Gasteiger partial charge in [-0.15, -0.1) is 23.4 Å². The minimum absolute atomic E-state index is 0.312. The number of aliphatic hydroxyl groups is 1. The number of alkyl halides is 1. The number of benzene rings is 1. The van der Waals surface area contributed by atoms with Crippen LogP contribution in [0.5, 0.6) is 0 Å². The van der Waals surface area contributed by atoms with E-state index >= 15 is 0 Å². The van der Waals surface area contributed by atoms with E-state index in [9.17, 15) is 14.7 Å². The van der Waals surface area contributed by atoms with Gasteiger partial charge in [-0.2, -0.15) is 0 Å². The lowest BCUT2D eigenvalue weighted by Gasteiger charge is -2.27. The molecule has 0 heterocycles. The number of carbonyl (C=O) groups is 2. The predicted molar refractivity (Wildman–Crippen MR) is 89.7 cm³/mol. The lowest BCUT2D eigenvalue weighted by Crippen LogP contribution is -2.43. The molecule has 1 unspecified atom stereocenters. The summed E-state index contributed by atoms with van der Waals surface area (Å²) in [5.74, 6) is 0.210. The van der Waals surface area contributed by atoms with E-state index in [0.29, 0.717) is 22.9 Å². The van der Waals surface area contributed by atoms with Gasteiger partial charge in [0.25, 0.3) is 0 Å². The van der Waals surface area contributed by atoms with Gasteiger partial charge in [0, 0.05) is 17.3 Å². The van der Waals surface area contributed by atoms with Gasteiger partial charge in [0.1, 0.15) is 5.25 Å². The molecular weight excluding hydrogens is 326 g/mol. The number of nitrogens with one attached hydrogen (secondary N) is 1. The van der Waals surface area contributed by atoms with Crippen LogP contribution < -0.4 is 5.32 Å². The van der Waals surface area contributed by atoms with Gasteiger partial charge in [-0.05, 0) is 38.1 Å². The minimum Gasteiger partial charge on any atom is -0.465 e. The van der Waals surface area contributed by atoms with Crippen molar-refractivity contribution in [1.29, 1.82) is 0 Å². The molecule has 0 aliphatic rings. The van der Waals surface area contributed by atoms with E-state index in [0.717, 1.165) is 0 Å². The third-order valence-corrected chi connectivity index (χ3v) is 4.79. The zero-order valence-electron chi connectivity index (χ0n) is 12.8. The maximum Gasteiger partial charge on any atom is 0.337 e. The lowest BCUT2D eigenvalue weighted by atomic mass is 10.0. The summed E-state index contributed by atoms with van der Waals surface area (Å²) in [7, 11) is 1.31. The Morgan fingerprint density at radius 1 is 1.36 bits per heavy atom. The summed E-state index contributed by atoms with van der Waals surface area (Å²) >= 11 is 6.94. The Hall–Kier alpha value is -1.24. The molecule has 0 saturated carbocycles. The Labute approximate surface area is 139 Å². The Morgan fingerprint density at radius 3 is 2.41 bits per heavy atom. The molecule has 1 rings (SSSR count). The fourth-order valence-electron chi connectivity index (χ4n) is 1.78. The van der Waals surface area contributed by atoms with Crippen molar-refractivity contribution < 1.29 is 19.4 Å². The second kappa shape index (κ2) is 8.41. The van der Waals surface area contributed by atoms with Crippen molar-refractivity contribution in [3.63, 3.8) is 0 Å². The van der Waals surface area contributed by atoms with E-state index in [1.165, 1.54) is 18.9 Å². The van der Waals surface area contributed by atoms with E-state index in [-0.39, 0.29) is 5.91 Å². The Balaban J connectivity index is 2.78. The number of methoxy groups -OCH3 is 1. The van der Waals surface area contributed by atoms with Crippen LogP contribution in [-0.4, -0.2) is 46.6 Å². The van der Waals surface area contributed by atoms with Crippen molar-refractivity contribution in [2.75, 3.05) is 24.1 Å². The fraction of sp³-hybridized carbons (Fsp3) is 0.467. The Bertz CT molecular complexity index is 513. The molecule has 0 saturated heterocycles. The van der Waals surface area contributed by atoms with Crippen molar-refractivity contribution in [3.05, 3.63) is 29.8 Å². The van der Waals surface area contributed by atoms with Gasteiger partial charge in [-0.1, -0.05) is 0 Å². The average molecular weight is 346 g/mol. The van der Waals surface area contributed by atoms with Gasteiger partial charge >= 0.3 is 5.97 Å². The van der Waals surface area contributed by atoms with Crippen LogP contribution in [0.1, 0.15) is 24.2 Å². The van der Waals surface area contributed by atoms with Crippen LogP contribution in [-0.2, 0) is 9.53 Å². The van der Waals surface area contributed by atoms with E-state index in [2.05, 4.69) is 10.1 Å². The van der Waals surface area contributed by atoms with E-state index < -0.39 is 16.8 Å². The second-order valence-electron chi connectivity index (χ2n) is 5.15. The molecular formula is C15H20ClNO4S. The average Bonchev–Trinajstić information content (AvgIpc) is 2.46. The quantitative estimate of drug-likeness (QED) is 0.586. The van der Waals surface area contributed by atoms with Crippen LogP contribution in [0.15, 0.2) is 24.3 Å². The molecule has 1 atom stereocenters. The summed E-state index contributed by atoms with van der Waals surface area (Å²) in [4.78, 5) is 23.7. The van der Waals surface area contributed by atoms with Crippen molar-refractivity contribution in [2.45, 2.75) is 24.7 Å². The normalized spacial score (nSPS) is 12.6. The molecule has 0 spiro atoms. The fourth-order valence-corrected chi connectivity index (χ4v) is 2.99. The number of ether oxygens (including phenoxy) is 1. The smallest absolute Gasteiger partial charge is 0.337 e. The Morgan fingerprint density at radius 2 is 1.95 bits per heavy atom. The molecule has 0 fully saturated rings. The summed E-state index contributed by atoms with van der Waals surface area (Å²) in [5.41, 5.74) is -0.235. The number of amides is 1. The van der Waals surface area contributed by atoms with Crippen molar-refractivity contribution in [2.24, 2.45) is 0 Å². The first-order valence-corrected chi connectivity index (χ1v) is 8.27. The maximum atomic E-state index is 12.3.